The largest absolute Gasteiger partial charge is 0.396 e. The van der Waals surface area contributed by atoms with Crippen LogP contribution in [0.5, 0.6) is 0 Å². The number of aliphatic hydroxyl groups excluding tert-OH is 1. The molecule has 3 heteroatoms. The summed E-state index contributed by atoms with van der Waals surface area (Å²) in [6.45, 7) is 4.70. The second-order valence-electron chi connectivity index (χ2n) is 17.5. The highest BCUT2D eigenvalue weighted by atomic mass is 16.6. The van der Waals surface area contributed by atoms with Crippen LogP contribution in [0, 0.1) is 5.41 Å². The van der Waals surface area contributed by atoms with E-state index < -0.39 is 0 Å². The van der Waals surface area contributed by atoms with Crippen LogP contribution in [-0.4, -0.2) is 37.1 Å². The van der Waals surface area contributed by atoms with Gasteiger partial charge in [-0.3, -0.25) is 0 Å². The SMILES string of the molecule is CC1(CO)CCCCCCCCCCCCCCCCCCCCCCCCCCCCCCCCCCCCCCC2(COCCO2)C1. The molecule has 1 aliphatic carbocycles. The fourth-order valence-corrected chi connectivity index (χ4v) is 8.96. The molecule has 1 saturated heterocycles. The summed E-state index contributed by atoms with van der Waals surface area (Å²) in [6.07, 6.45) is 54.6. The molecule has 0 aromatic carbocycles. The number of hydrogen-bond donors (Lipinski definition) is 1. The van der Waals surface area contributed by atoms with Crippen molar-refractivity contribution in [1.82, 2.24) is 0 Å². The molecule has 1 aliphatic heterocycles. The quantitative estimate of drug-likeness (QED) is 0.298. The summed E-state index contributed by atoms with van der Waals surface area (Å²) in [5.41, 5.74) is -0.255. The van der Waals surface area contributed by atoms with Gasteiger partial charge < -0.3 is 14.6 Å². The first-order valence-electron chi connectivity index (χ1n) is 23.0. The third-order valence-electron chi connectivity index (χ3n) is 12.3. The molecular weight excluding hydrogens is 601 g/mol. The smallest absolute Gasteiger partial charge is 0.0922 e. The van der Waals surface area contributed by atoms with E-state index in [0.29, 0.717) is 13.2 Å². The van der Waals surface area contributed by atoms with E-state index >= 15 is 0 Å². The molecule has 0 aromatic heterocycles. The molecular formula is C46H90O3. The standard InChI is InChI=1S/C46H90O3/c1-45(43-47)38-36-34-32-30-28-26-24-22-20-18-16-14-12-10-8-6-4-2-3-5-7-9-11-13-15-17-19-21-23-25-27-29-31-33-35-37-39-46(42-45)44-48-40-41-49-46/h47H,2-44H2,1H3. The Bertz CT molecular complexity index is 673. The van der Waals surface area contributed by atoms with Crippen LogP contribution in [0.1, 0.15) is 257 Å². The van der Waals surface area contributed by atoms with Crippen molar-refractivity contribution in [3.8, 4) is 0 Å². The van der Waals surface area contributed by atoms with E-state index in [1.807, 2.05) is 0 Å². The van der Waals surface area contributed by atoms with E-state index in [0.717, 1.165) is 25.9 Å². The molecule has 2 aliphatic rings. The summed E-state index contributed by atoms with van der Waals surface area (Å²) in [4.78, 5) is 0. The van der Waals surface area contributed by atoms with Gasteiger partial charge in [-0.05, 0) is 24.7 Å². The molecule has 1 heterocycles. The average molecular weight is 691 g/mol. The van der Waals surface area contributed by atoms with Gasteiger partial charge in [0, 0.05) is 6.61 Å². The highest BCUT2D eigenvalue weighted by Crippen LogP contribution is 2.39. The van der Waals surface area contributed by atoms with E-state index in [-0.39, 0.29) is 17.6 Å². The molecule has 2 unspecified atom stereocenters. The fraction of sp³-hybridized carbons (Fsp3) is 1.00. The summed E-state index contributed by atoms with van der Waals surface area (Å²) in [7, 11) is 0. The lowest BCUT2D eigenvalue weighted by atomic mass is 9.74. The van der Waals surface area contributed by atoms with Gasteiger partial charge in [0.1, 0.15) is 0 Å². The van der Waals surface area contributed by atoms with Crippen molar-refractivity contribution >= 4 is 0 Å². The van der Waals surface area contributed by atoms with Gasteiger partial charge in [-0.1, -0.05) is 238 Å². The normalized spacial score (nSPS) is 29.8. The zero-order valence-corrected chi connectivity index (χ0v) is 33.7. The predicted molar refractivity (Wildman–Crippen MR) is 215 cm³/mol. The van der Waals surface area contributed by atoms with Crippen LogP contribution >= 0.6 is 0 Å². The second-order valence-corrected chi connectivity index (χ2v) is 17.5. The van der Waals surface area contributed by atoms with Crippen LogP contribution in [-0.2, 0) is 9.47 Å². The monoisotopic (exact) mass is 691 g/mol. The van der Waals surface area contributed by atoms with Crippen LogP contribution in [0.25, 0.3) is 0 Å². The minimum Gasteiger partial charge on any atom is -0.396 e. The fourth-order valence-electron chi connectivity index (χ4n) is 8.96. The molecule has 0 amide bonds. The summed E-state index contributed by atoms with van der Waals surface area (Å²) < 4.78 is 12.5. The molecule has 1 N–H and O–H groups in total. The Morgan fingerprint density at radius 3 is 0.878 bits per heavy atom. The van der Waals surface area contributed by atoms with Crippen molar-refractivity contribution in [2.45, 2.75) is 263 Å². The Morgan fingerprint density at radius 1 is 0.367 bits per heavy atom. The second kappa shape index (κ2) is 32.5. The maximum atomic E-state index is 10.5. The molecule has 1 saturated carbocycles. The molecule has 3 nitrogen and oxygen atoms in total. The van der Waals surface area contributed by atoms with Crippen molar-refractivity contribution in [2.75, 3.05) is 26.4 Å². The molecule has 2 fully saturated rings. The number of aliphatic hydroxyl groups is 1. The minimum atomic E-state index is -0.192. The van der Waals surface area contributed by atoms with E-state index in [4.69, 9.17) is 9.47 Å². The first-order chi connectivity index (χ1) is 24.2. The van der Waals surface area contributed by atoms with Crippen molar-refractivity contribution in [3.05, 3.63) is 0 Å². The maximum absolute atomic E-state index is 10.5. The molecule has 0 radical (unpaired) electrons. The Balaban J connectivity index is 1.64. The number of hydrogen-bond acceptors (Lipinski definition) is 3. The maximum Gasteiger partial charge on any atom is 0.0922 e. The Hall–Kier alpha value is -0.120. The summed E-state index contributed by atoms with van der Waals surface area (Å²) >= 11 is 0. The number of ether oxygens (including phenoxy) is 2. The highest BCUT2D eigenvalue weighted by molar-refractivity contribution is 4.91. The van der Waals surface area contributed by atoms with Gasteiger partial charge in [-0.15, -0.1) is 0 Å². The topological polar surface area (TPSA) is 38.7 Å². The summed E-state index contributed by atoms with van der Waals surface area (Å²) in [6, 6.07) is 0. The van der Waals surface area contributed by atoms with E-state index in [2.05, 4.69) is 6.92 Å². The van der Waals surface area contributed by atoms with Crippen molar-refractivity contribution in [1.29, 1.82) is 0 Å². The molecule has 49 heavy (non-hydrogen) atoms. The van der Waals surface area contributed by atoms with Crippen LogP contribution in [0.15, 0.2) is 0 Å². The summed E-state index contributed by atoms with van der Waals surface area (Å²) in [5, 5.41) is 10.5. The van der Waals surface area contributed by atoms with Crippen LogP contribution in [0.2, 0.25) is 0 Å². The van der Waals surface area contributed by atoms with Gasteiger partial charge >= 0.3 is 0 Å². The average Bonchev–Trinajstić information content (AvgIpc) is 3.11. The van der Waals surface area contributed by atoms with Gasteiger partial charge in [-0.2, -0.15) is 0 Å². The first kappa shape index (κ1) is 45.0. The third-order valence-corrected chi connectivity index (χ3v) is 12.3. The lowest BCUT2D eigenvalue weighted by molar-refractivity contribution is -0.180. The van der Waals surface area contributed by atoms with Gasteiger partial charge in [-0.25, -0.2) is 0 Å². The molecule has 1 spiro atoms. The van der Waals surface area contributed by atoms with Crippen LogP contribution < -0.4 is 0 Å². The molecule has 0 bridgehead atoms. The lowest BCUT2D eigenvalue weighted by Crippen LogP contribution is -2.47. The summed E-state index contributed by atoms with van der Waals surface area (Å²) in [5.74, 6) is 0. The van der Waals surface area contributed by atoms with E-state index in [1.54, 1.807) is 0 Å². The predicted octanol–water partition coefficient (Wildman–Crippen LogP) is 15.0. The van der Waals surface area contributed by atoms with Gasteiger partial charge in [0.2, 0.25) is 0 Å². The van der Waals surface area contributed by atoms with E-state index in [9.17, 15) is 5.11 Å². The van der Waals surface area contributed by atoms with E-state index in [1.165, 1.54) is 231 Å². The molecule has 2 atom stereocenters. The van der Waals surface area contributed by atoms with Crippen molar-refractivity contribution in [2.24, 2.45) is 5.41 Å². The Kier molecular flexibility index (Phi) is 29.9. The zero-order chi connectivity index (χ0) is 34.8. The zero-order valence-electron chi connectivity index (χ0n) is 33.7. The van der Waals surface area contributed by atoms with Crippen LogP contribution in [0.3, 0.4) is 0 Å². The van der Waals surface area contributed by atoms with Gasteiger partial charge in [0.25, 0.3) is 0 Å². The number of rotatable bonds is 1. The Morgan fingerprint density at radius 2 is 0.633 bits per heavy atom. The first-order valence-corrected chi connectivity index (χ1v) is 23.0. The van der Waals surface area contributed by atoms with Crippen molar-refractivity contribution < 1.29 is 14.6 Å². The highest BCUT2D eigenvalue weighted by Gasteiger charge is 2.40. The Labute approximate surface area is 308 Å². The molecule has 292 valence electrons. The molecule has 0 aromatic rings. The van der Waals surface area contributed by atoms with Gasteiger partial charge in [0.15, 0.2) is 0 Å². The van der Waals surface area contributed by atoms with Gasteiger partial charge in [0.05, 0.1) is 25.4 Å². The molecule has 2 rings (SSSR count). The van der Waals surface area contributed by atoms with Crippen molar-refractivity contribution in [3.63, 3.8) is 0 Å². The minimum absolute atomic E-state index is 0.0624. The van der Waals surface area contributed by atoms with Crippen LogP contribution in [0.4, 0.5) is 0 Å². The lowest BCUT2D eigenvalue weighted by Gasteiger charge is -2.43. The third kappa shape index (κ3) is 26.3.